The van der Waals surface area contributed by atoms with Gasteiger partial charge < -0.3 is 10.6 Å². The number of hydrogen-bond acceptors (Lipinski definition) is 4. The summed E-state index contributed by atoms with van der Waals surface area (Å²) in [6.45, 7) is 4.26. The zero-order valence-corrected chi connectivity index (χ0v) is 15.0. The Labute approximate surface area is 149 Å². The maximum Gasteiger partial charge on any atom is 0.315 e. The van der Waals surface area contributed by atoms with Crippen molar-refractivity contribution in [2.24, 2.45) is 0 Å². The second-order valence-electron chi connectivity index (χ2n) is 5.86. The molecule has 2 atom stereocenters. The fraction of sp³-hybridized carbons (Fsp3) is 0.353. The molecule has 0 radical (unpaired) electrons. The largest absolute Gasteiger partial charge is 0.336 e. The van der Waals surface area contributed by atoms with Crippen LogP contribution in [-0.4, -0.2) is 29.4 Å². The Morgan fingerprint density at radius 3 is 2.62 bits per heavy atom. The molecule has 2 heterocycles. The average Bonchev–Trinajstić information content (AvgIpc) is 3.11. The van der Waals surface area contributed by atoms with Crippen LogP contribution in [0, 0.1) is 13.8 Å². The Morgan fingerprint density at radius 2 is 2.08 bits per heavy atom. The first kappa shape index (κ1) is 16.9. The Kier molecular flexibility index (Phi) is 4.87. The molecule has 1 aliphatic heterocycles. The van der Waals surface area contributed by atoms with E-state index in [0.717, 1.165) is 21.1 Å². The fourth-order valence-electron chi connectivity index (χ4n) is 2.92. The van der Waals surface area contributed by atoms with Gasteiger partial charge >= 0.3 is 6.03 Å². The molecule has 5 nitrogen and oxygen atoms in total. The van der Waals surface area contributed by atoms with Gasteiger partial charge in [0.25, 0.3) is 0 Å². The summed E-state index contributed by atoms with van der Waals surface area (Å²) >= 11 is 7.60. The molecule has 0 saturated carbocycles. The number of aromatic nitrogens is 1. The number of Topliss-reactive ketones (excluding diaryl/α,β-unsaturated/α-hetero) is 1. The highest BCUT2D eigenvalue weighted by molar-refractivity contribution is 7.11. The minimum atomic E-state index is -0.471. The second kappa shape index (κ2) is 6.91. The van der Waals surface area contributed by atoms with E-state index in [4.69, 9.17) is 11.6 Å². The van der Waals surface area contributed by atoms with E-state index in [2.05, 4.69) is 15.6 Å². The molecule has 1 aliphatic rings. The molecule has 7 heteroatoms. The van der Waals surface area contributed by atoms with Gasteiger partial charge in [0.15, 0.2) is 5.78 Å². The highest BCUT2D eigenvalue weighted by Crippen LogP contribution is 2.35. The van der Waals surface area contributed by atoms with E-state index in [1.165, 1.54) is 0 Å². The van der Waals surface area contributed by atoms with Gasteiger partial charge in [-0.05, 0) is 31.5 Å². The van der Waals surface area contributed by atoms with Gasteiger partial charge in [-0.3, -0.25) is 4.79 Å². The average molecular weight is 364 g/mol. The molecule has 2 amide bonds. The Bertz CT molecular complexity index is 773. The van der Waals surface area contributed by atoms with Crippen molar-refractivity contribution in [1.29, 1.82) is 0 Å². The van der Waals surface area contributed by atoms with Crippen molar-refractivity contribution in [3.8, 4) is 0 Å². The van der Waals surface area contributed by atoms with Gasteiger partial charge in [0.2, 0.25) is 0 Å². The third kappa shape index (κ3) is 3.60. The van der Waals surface area contributed by atoms with Gasteiger partial charge in [0, 0.05) is 28.8 Å². The predicted molar refractivity (Wildman–Crippen MR) is 94.8 cm³/mol. The minimum absolute atomic E-state index is 0.0127. The highest BCUT2D eigenvalue weighted by Gasteiger charge is 2.30. The van der Waals surface area contributed by atoms with Crippen molar-refractivity contribution in [3.05, 3.63) is 50.4 Å². The molecule has 24 heavy (non-hydrogen) atoms. The summed E-state index contributed by atoms with van der Waals surface area (Å²) in [4.78, 5) is 29.5. The van der Waals surface area contributed by atoms with Crippen LogP contribution in [0.15, 0.2) is 24.3 Å². The van der Waals surface area contributed by atoms with Crippen molar-refractivity contribution < 1.29 is 9.59 Å². The van der Waals surface area contributed by atoms with Crippen LogP contribution in [0.5, 0.6) is 0 Å². The molecule has 126 valence electrons. The molecule has 0 bridgehead atoms. The fourth-order valence-corrected chi connectivity index (χ4v) is 4.10. The number of ketones is 1. The van der Waals surface area contributed by atoms with Gasteiger partial charge in [0.1, 0.15) is 6.04 Å². The molecule has 1 unspecified atom stereocenters. The van der Waals surface area contributed by atoms with E-state index in [9.17, 15) is 9.59 Å². The van der Waals surface area contributed by atoms with Gasteiger partial charge in [-0.2, -0.15) is 0 Å². The summed E-state index contributed by atoms with van der Waals surface area (Å²) in [7, 11) is 0. The molecule has 1 aromatic heterocycles. The molecule has 2 aromatic rings. The quantitative estimate of drug-likeness (QED) is 0.857. The van der Waals surface area contributed by atoms with Crippen LogP contribution in [0.4, 0.5) is 4.79 Å². The number of rotatable bonds is 5. The van der Waals surface area contributed by atoms with E-state index in [0.29, 0.717) is 18.0 Å². The number of amides is 2. The lowest BCUT2D eigenvalue weighted by Gasteiger charge is -2.18. The maximum absolute atomic E-state index is 12.6. The first-order valence-corrected chi connectivity index (χ1v) is 8.90. The summed E-state index contributed by atoms with van der Waals surface area (Å²) in [6.07, 6.45) is 0.316. The molecule has 2 N–H and O–H groups in total. The first-order valence-electron chi connectivity index (χ1n) is 7.70. The number of nitrogens with zero attached hydrogens (tertiary/aromatic N) is 1. The van der Waals surface area contributed by atoms with E-state index >= 15 is 0 Å². The summed E-state index contributed by atoms with van der Waals surface area (Å²) < 4.78 is 0. The zero-order valence-electron chi connectivity index (χ0n) is 13.4. The van der Waals surface area contributed by atoms with Crippen LogP contribution >= 0.6 is 22.9 Å². The van der Waals surface area contributed by atoms with Crippen LogP contribution in [0.25, 0.3) is 0 Å². The highest BCUT2D eigenvalue weighted by atomic mass is 35.5. The minimum Gasteiger partial charge on any atom is -0.336 e. The van der Waals surface area contributed by atoms with Crippen molar-refractivity contribution in [2.45, 2.75) is 32.2 Å². The van der Waals surface area contributed by atoms with Gasteiger partial charge in [-0.15, -0.1) is 11.3 Å². The van der Waals surface area contributed by atoms with Gasteiger partial charge in [-0.25, -0.2) is 9.78 Å². The van der Waals surface area contributed by atoms with Gasteiger partial charge in [-0.1, -0.05) is 23.7 Å². The molecule has 3 rings (SSSR count). The number of halogens is 1. The first-order chi connectivity index (χ1) is 11.4. The standard InChI is InChI=1S/C17H18ClN3O2S/c1-9-16(24-10(2)20-9)13(11-3-5-12(18)6-4-11)7-15(22)14-8-19-17(23)21-14/h3-6,13-14H,7-8H2,1-2H3,(H2,19,21,23)/t13?,14-/m0/s1. The Hall–Kier alpha value is -1.92. The zero-order chi connectivity index (χ0) is 17.3. The number of benzene rings is 1. The number of nitrogens with one attached hydrogen (secondary N) is 2. The van der Waals surface area contributed by atoms with Gasteiger partial charge in [0.05, 0.1) is 10.7 Å². The lowest BCUT2D eigenvalue weighted by Crippen LogP contribution is -2.35. The molecule has 1 saturated heterocycles. The summed E-state index contributed by atoms with van der Waals surface area (Å²) in [5.74, 6) is -0.0720. The van der Waals surface area contributed by atoms with Crippen LogP contribution in [0.2, 0.25) is 5.02 Å². The number of urea groups is 1. The topological polar surface area (TPSA) is 71.1 Å². The van der Waals surface area contributed by atoms with Crippen molar-refractivity contribution in [2.75, 3.05) is 6.54 Å². The Balaban J connectivity index is 1.90. The van der Waals surface area contributed by atoms with Crippen LogP contribution in [0.3, 0.4) is 0 Å². The number of hydrogen-bond donors (Lipinski definition) is 2. The van der Waals surface area contributed by atoms with Crippen molar-refractivity contribution in [1.82, 2.24) is 15.6 Å². The van der Waals surface area contributed by atoms with E-state index in [1.807, 2.05) is 38.1 Å². The molecule has 0 aliphatic carbocycles. The summed E-state index contributed by atoms with van der Waals surface area (Å²) in [5, 5.41) is 6.92. The SMILES string of the molecule is Cc1nc(C)c(C(CC(=O)[C@@H]2CNC(=O)N2)c2ccc(Cl)cc2)s1. The Morgan fingerprint density at radius 1 is 1.38 bits per heavy atom. The molecule has 0 spiro atoms. The van der Waals surface area contributed by atoms with Crippen LogP contribution < -0.4 is 10.6 Å². The van der Waals surface area contributed by atoms with Crippen LogP contribution in [0.1, 0.15) is 33.5 Å². The lowest BCUT2D eigenvalue weighted by molar-refractivity contribution is -0.120. The molecule has 1 fully saturated rings. The third-order valence-corrected chi connectivity index (χ3v) is 5.53. The van der Waals surface area contributed by atoms with Crippen molar-refractivity contribution in [3.63, 3.8) is 0 Å². The predicted octanol–water partition coefficient (Wildman–Crippen LogP) is 3.19. The van der Waals surface area contributed by atoms with E-state index in [1.54, 1.807) is 11.3 Å². The van der Waals surface area contributed by atoms with Crippen molar-refractivity contribution >= 4 is 34.8 Å². The van der Waals surface area contributed by atoms with Crippen LogP contribution in [-0.2, 0) is 4.79 Å². The lowest BCUT2D eigenvalue weighted by atomic mass is 9.89. The number of aryl methyl sites for hydroxylation is 2. The normalized spacial score (nSPS) is 18.1. The molecular formula is C17H18ClN3O2S. The summed E-state index contributed by atoms with van der Waals surface area (Å²) in [5.41, 5.74) is 1.97. The number of carbonyl (C=O) groups is 2. The molecular weight excluding hydrogens is 346 g/mol. The summed E-state index contributed by atoms with van der Waals surface area (Å²) in [6, 6.07) is 6.79. The number of carbonyl (C=O) groups excluding carboxylic acids is 2. The second-order valence-corrected chi connectivity index (χ2v) is 7.54. The smallest absolute Gasteiger partial charge is 0.315 e. The third-order valence-electron chi connectivity index (χ3n) is 4.09. The maximum atomic E-state index is 12.6. The number of thiazole rings is 1. The van der Waals surface area contributed by atoms with E-state index in [-0.39, 0.29) is 17.7 Å². The monoisotopic (exact) mass is 363 g/mol. The molecule has 1 aromatic carbocycles. The van der Waals surface area contributed by atoms with E-state index < -0.39 is 6.04 Å².